The van der Waals surface area contributed by atoms with Crippen LogP contribution in [-0.4, -0.2) is 5.78 Å². The largest absolute Gasteiger partial charge is 0.299 e. The van der Waals surface area contributed by atoms with E-state index in [2.05, 4.69) is 39.8 Å². The van der Waals surface area contributed by atoms with Crippen LogP contribution in [0, 0.1) is 5.41 Å². The van der Waals surface area contributed by atoms with Gasteiger partial charge in [-0.3, -0.25) is 4.79 Å². The van der Waals surface area contributed by atoms with Crippen LogP contribution >= 0.6 is 0 Å². The van der Waals surface area contributed by atoms with E-state index in [4.69, 9.17) is 0 Å². The lowest BCUT2D eigenvalue weighted by Gasteiger charge is -2.24. The van der Waals surface area contributed by atoms with Crippen LogP contribution in [0.1, 0.15) is 54.4 Å². The predicted octanol–water partition coefficient (Wildman–Crippen LogP) is 4.29. The molecule has 0 spiro atoms. The van der Waals surface area contributed by atoms with Crippen LogP contribution < -0.4 is 0 Å². The average molecular weight is 208 g/mol. The molecule has 0 aromatic carbocycles. The smallest absolute Gasteiger partial charge is 0.136 e. The van der Waals surface area contributed by atoms with Crippen LogP contribution in [-0.2, 0) is 4.79 Å². The van der Waals surface area contributed by atoms with Crippen molar-refractivity contribution in [2.24, 2.45) is 5.41 Å². The van der Waals surface area contributed by atoms with E-state index in [0.717, 1.165) is 12.8 Å². The lowest BCUT2D eigenvalue weighted by atomic mass is 9.79. The Balaban J connectivity index is 4.68. The van der Waals surface area contributed by atoms with Crippen molar-refractivity contribution in [1.82, 2.24) is 0 Å². The molecule has 0 atom stereocenters. The van der Waals surface area contributed by atoms with Gasteiger partial charge in [-0.1, -0.05) is 30.2 Å². The highest BCUT2D eigenvalue weighted by molar-refractivity contribution is 5.82. The molecule has 0 aromatic heterocycles. The lowest BCUT2D eigenvalue weighted by molar-refractivity contribution is -0.125. The van der Waals surface area contributed by atoms with E-state index >= 15 is 0 Å². The molecule has 0 aliphatic rings. The molecular formula is C14H24O. The van der Waals surface area contributed by atoms with Gasteiger partial charge in [-0.25, -0.2) is 0 Å². The number of hydrogen-bond acceptors (Lipinski definition) is 1. The highest BCUT2D eigenvalue weighted by Gasteiger charge is 2.27. The van der Waals surface area contributed by atoms with E-state index in [1.54, 1.807) is 6.92 Å². The van der Waals surface area contributed by atoms with Crippen LogP contribution in [0.3, 0.4) is 0 Å². The third kappa shape index (κ3) is 5.56. The molecule has 0 heterocycles. The number of Topliss-reactive ketones (excluding diaryl/α,β-unsaturated/α-hetero) is 1. The average Bonchev–Trinajstić information content (AvgIpc) is 2.11. The van der Waals surface area contributed by atoms with Gasteiger partial charge in [0.25, 0.3) is 0 Å². The summed E-state index contributed by atoms with van der Waals surface area (Å²) in [5.41, 5.74) is 2.33. The topological polar surface area (TPSA) is 17.1 Å². The summed E-state index contributed by atoms with van der Waals surface area (Å²) in [5, 5.41) is 0. The quantitative estimate of drug-likeness (QED) is 0.616. The predicted molar refractivity (Wildman–Crippen MR) is 66.9 cm³/mol. The van der Waals surface area contributed by atoms with Crippen LogP contribution in [0.5, 0.6) is 0 Å². The molecule has 0 amide bonds. The zero-order chi connectivity index (χ0) is 12.1. The van der Waals surface area contributed by atoms with Crippen molar-refractivity contribution in [2.45, 2.75) is 54.4 Å². The van der Waals surface area contributed by atoms with Gasteiger partial charge in [0, 0.05) is 5.41 Å². The second-order valence-corrected chi connectivity index (χ2v) is 5.09. The van der Waals surface area contributed by atoms with Gasteiger partial charge in [-0.05, 0) is 47.5 Å². The Bertz CT molecular complexity index is 254. The summed E-state index contributed by atoms with van der Waals surface area (Å²) in [5.74, 6) is 0.275. The number of rotatable bonds is 5. The van der Waals surface area contributed by atoms with Gasteiger partial charge in [0.05, 0.1) is 0 Å². The lowest BCUT2D eigenvalue weighted by Crippen LogP contribution is -2.24. The molecule has 0 unspecified atom stereocenters. The van der Waals surface area contributed by atoms with Crippen molar-refractivity contribution in [3.8, 4) is 0 Å². The molecule has 0 radical (unpaired) electrons. The third-order valence-electron chi connectivity index (χ3n) is 2.77. The first-order valence-electron chi connectivity index (χ1n) is 5.56. The van der Waals surface area contributed by atoms with Gasteiger partial charge in [0.15, 0.2) is 0 Å². The van der Waals surface area contributed by atoms with E-state index < -0.39 is 0 Å². The second-order valence-electron chi connectivity index (χ2n) is 5.09. The van der Waals surface area contributed by atoms with E-state index in [1.807, 2.05) is 6.92 Å². The Morgan fingerprint density at radius 3 is 1.47 bits per heavy atom. The Morgan fingerprint density at radius 1 is 0.933 bits per heavy atom. The molecule has 0 rings (SSSR count). The first kappa shape index (κ1) is 14.2. The zero-order valence-electron chi connectivity index (χ0n) is 11.0. The van der Waals surface area contributed by atoms with Crippen LogP contribution in [0.25, 0.3) is 0 Å². The van der Waals surface area contributed by atoms with Crippen molar-refractivity contribution >= 4 is 5.78 Å². The Labute approximate surface area is 94.3 Å². The van der Waals surface area contributed by atoms with Crippen molar-refractivity contribution < 1.29 is 4.79 Å². The van der Waals surface area contributed by atoms with Crippen LogP contribution in [0.2, 0.25) is 0 Å². The van der Waals surface area contributed by atoms with E-state index in [-0.39, 0.29) is 11.2 Å². The number of allylic oxidation sites excluding steroid dienone is 4. The molecule has 0 fully saturated rings. The Kier molecular flexibility index (Phi) is 5.56. The highest BCUT2D eigenvalue weighted by Crippen LogP contribution is 2.29. The van der Waals surface area contributed by atoms with Gasteiger partial charge in [-0.15, -0.1) is 0 Å². The maximum atomic E-state index is 11.6. The minimum atomic E-state index is -0.228. The first-order chi connectivity index (χ1) is 6.78. The van der Waals surface area contributed by atoms with Gasteiger partial charge >= 0.3 is 0 Å². The maximum Gasteiger partial charge on any atom is 0.136 e. The van der Waals surface area contributed by atoms with Crippen molar-refractivity contribution in [3.63, 3.8) is 0 Å². The number of hydrogen-bond donors (Lipinski definition) is 0. The summed E-state index contributed by atoms with van der Waals surface area (Å²) in [7, 11) is 0. The SMILES string of the molecule is CC(=O)C(C)(CC=C(C)C)CC=C(C)C. The molecule has 0 N–H and O–H groups in total. The normalized spacial score (nSPS) is 10.8. The minimum Gasteiger partial charge on any atom is -0.299 e. The van der Waals surface area contributed by atoms with Crippen molar-refractivity contribution in [2.75, 3.05) is 0 Å². The molecule has 0 aliphatic carbocycles. The standard InChI is InChI=1S/C14H24O/c1-11(2)7-9-14(6,13(5)15)10-8-12(3)4/h7-8H,9-10H2,1-6H3. The first-order valence-corrected chi connectivity index (χ1v) is 5.56. The summed E-state index contributed by atoms with van der Waals surface area (Å²) in [6.45, 7) is 12.0. The fourth-order valence-electron chi connectivity index (χ4n) is 1.23. The molecule has 1 heteroatoms. The van der Waals surface area contributed by atoms with E-state index in [0.29, 0.717) is 0 Å². The number of carbonyl (C=O) groups is 1. The molecule has 0 bridgehead atoms. The summed E-state index contributed by atoms with van der Waals surface area (Å²) >= 11 is 0. The van der Waals surface area contributed by atoms with Gasteiger partial charge in [0.2, 0.25) is 0 Å². The van der Waals surface area contributed by atoms with Gasteiger partial charge < -0.3 is 0 Å². The molecular weight excluding hydrogens is 184 g/mol. The molecule has 86 valence electrons. The number of carbonyl (C=O) groups excluding carboxylic acids is 1. The molecule has 0 saturated heterocycles. The molecule has 0 saturated carbocycles. The van der Waals surface area contributed by atoms with Crippen molar-refractivity contribution in [3.05, 3.63) is 23.3 Å². The molecule has 1 nitrogen and oxygen atoms in total. The fourth-order valence-corrected chi connectivity index (χ4v) is 1.23. The number of ketones is 1. The molecule has 0 aliphatic heterocycles. The third-order valence-corrected chi connectivity index (χ3v) is 2.77. The van der Waals surface area contributed by atoms with Crippen molar-refractivity contribution in [1.29, 1.82) is 0 Å². The Hall–Kier alpha value is -0.850. The summed E-state index contributed by atoms with van der Waals surface area (Å²) in [4.78, 5) is 11.6. The maximum absolute atomic E-state index is 11.6. The van der Waals surface area contributed by atoms with Crippen LogP contribution in [0.4, 0.5) is 0 Å². The monoisotopic (exact) mass is 208 g/mol. The van der Waals surface area contributed by atoms with Gasteiger partial charge in [-0.2, -0.15) is 0 Å². The summed E-state index contributed by atoms with van der Waals surface area (Å²) < 4.78 is 0. The second kappa shape index (κ2) is 5.89. The fraction of sp³-hybridized carbons (Fsp3) is 0.643. The van der Waals surface area contributed by atoms with Gasteiger partial charge in [0.1, 0.15) is 5.78 Å². The zero-order valence-corrected chi connectivity index (χ0v) is 11.0. The van der Waals surface area contributed by atoms with Crippen LogP contribution in [0.15, 0.2) is 23.3 Å². The highest BCUT2D eigenvalue weighted by atomic mass is 16.1. The van der Waals surface area contributed by atoms with E-state index in [9.17, 15) is 4.79 Å². The minimum absolute atomic E-state index is 0.228. The summed E-state index contributed by atoms with van der Waals surface area (Å²) in [6, 6.07) is 0. The van der Waals surface area contributed by atoms with E-state index in [1.165, 1.54) is 11.1 Å². The summed E-state index contributed by atoms with van der Waals surface area (Å²) in [6.07, 6.45) is 5.99. The Morgan fingerprint density at radius 2 is 1.27 bits per heavy atom. The molecule has 15 heavy (non-hydrogen) atoms. The molecule has 0 aromatic rings.